The lowest BCUT2D eigenvalue weighted by Crippen LogP contribution is -2.33. The molecule has 0 aromatic carbocycles. The molecule has 0 spiro atoms. The molecule has 94 valence electrons. The molecule has 1 aromatic rings. The molecule has 6 nitrogen and oxygen atoms in total. The van der Waals surface area contributed by atoms with Gasteiger partial charge in [-0.15, -0.1) is 0 Å². The number of carbonyl (C=O) groups excluding carboxylic acids is 1. The molecule has 1 aromatic heterocycles. The van der Waals surface area contributed by atoms with Gasteiger partial charge in [0.05, 0.1) is 5.41 Å². The number of ether oxygens (including phenoxy) is 1. The summed E-state index contributed by atoms with van der Waals surface area (Å²) in [5.74, 6) is -0.409. The molecule has 1 heterocycles. The Kier molecular flexibility index (Phi) is 3.55. The average Bonchev–Trinajstić information content (AvgIpc) is 2.19. The fourth-order valence-electron chi connectivity index (χ4n) is 1.06. The van der Waals surface area contributed by atoms with Crippen LogP contribution in [0.25, 0.3) is 0 Å². The predicted octanol–water partition coefficient (Wildman–Crippen LogP) is 0.392. The van der Waals surface area contributed by atoms with Crippen LogP contribution in [0.3, 0.4) is 0 Å². The molecule has 17 heavy (non-hydrogen) atoms. The average molecular weight is 240 g/mol. The Morgan fingerprint density at radius 3 is 2.53 bits per heavy atom. The second kappa shape index (κ2) is 4.57. The zero-order chi connectivity index (χ0) is 13.2. The lowest BCUT2D eigenvalue weighted by Gasteiger charge is -2.16. The van der Waals surface area contributed by atoms with Crippen molar-refractivity contribution < 1.29 is 9.53 Å². The van der Waals surface area contributed by atoms with Gasteiger partial charge in [-0.2, -0.15) is 0 Å². The standard InChI is InChI=1S/C11H16N2O4/c1-7-5-13(10(16)12-8(7)14)6-17-9(15)11(2,3)4/h5H,6H2,1-4H3,(H,12,14,16). The van der Waals surface area contributed by atoms with Crippen molar-refractivity contribution in [3.8, 4) is 0 Å². The molecular weight excluding hydrogens is 224 g/mol. The number of aromatic nitrogens is 2. The number of rotatable bonds is 2. The van der Waals surface area contributed by atoms with E-state index in [-0.39, 0.29) is 6.73 Å². The van der Waals surface area contributed by atoms with Gasteiger partial charge in [0.2, 0.25) is 0 Å². The van der Waals surface area contributed by atoms with Gasteiger partial charge in [-0.05, 0) is 27.7 Å². The number of aryl methyl sites for hydroxylation is 1. The minimum absolute atomic E-state index is 0.202. The van der Waals surface area contributed by atoms with Gasteiger partial charge < -0.3 is 4.74 Å². The number of hydrogen-bond acceptors (Lipinski definition) is 4. The molecule has 0 saturated carbocycles. The largest absolute Gasteiger partial charge is 0.443 e. The smallest absolute Gasteiger partial charge is 0.331 e. The summed E-state index contributed by atoms with van der Waals surface area (Å²) >= 11 is 0. The van der Waals surface area contributed by atoms with E-state index in [0.29, 0.717) is 5.56 Å². The van der Waals surface area contributed by atoms with Gasteiger partial charge in [-0.25, -0.2) is 4.79 Å². The Balaban J connectivity index is 2.85. The van der Waals surface area contributed by atoms with Gasteiger partial charge in [0, 0.05) is 11.8 Å². The van der Waals surface area contributed by atoms with Gasteiger partial charge in [-0.1, -0.05) is 0 Å². The van der Waals surface area contributed by atoms with Crippen molar-refractivity contribution in [2.75, 3.05) is 0 Å². The topological polar surface area (TPSA) is 81.2 Å². The Bertz CT molecular complexity index is 534. The summed E-state index contributed by atoms with van der Waals surface area (Å²) < 4.78 is 6.11. The SMILES string of the molecule is Cc1cn(COC(=O)C(C)(C)C)c(=O)[nH]c1=O. The van der Waals surface area contributed by atoms with E-state index in [9.17, 15) is 14.4 Å². The second-order valence-corrected chi connectivity index (χ2v) is 4.85. The lowest BCUT2D eigenvalue weighted by atomic mass is 9.98. The van der Waals surface area contributed by atoms with E-state index >= 15 is 0 Å². The van der Waals surface area contributed by atoms with E-state index in [1.807, 2.05) is 0 Å². The molecule has 0 saturated heterocycles. The van der Waals surface area contributed by atoms with Gasteiger partial charge in [0.25, 0.3) is 5.56 Å². The third kappa shape index (κ3) is 3.30. The second-order valence-electron chi connectivity index (χ2n) is 4.85. The summed E-state index contributed by atoms with van der Waals surface area (Å²) in [6.07, 6.45) is 1.36. The van der Waals surface area contributed by atoms with Crippen LogP contribution in [0, 0.1) is 12.3 Å². The summed E-state index contributed by atoms with van der Waals surface area (Å²) in [7, 11) is 0. The monoisotopic (exact) mass is 240 g/mol. The molecule has 0 unspecified atom stereocenters. The molecule has 1 N–H and O–H groups in total. The molecule has 6 heteroatoms. The lowest BCUT2D eigenvalue weighted by molar-refractivity contribution is -0.157. The molecule has 1 rings (SSSR count). The molecule has 0 radical (unpaired) electrons. The molecule has 0 atom stereocenters. The maximum atomic E-state index is 11.5. The van der Waals surface area contributed by atoms with E-state index in [0.717, 1.165) is 4.57 Å². The highest BCUT2D eigenvalue weighted by atomic mass is 16.5. The molecule has 0 bridgehead atoms. The Labute approximate surface area is 98.2 Å². The van der Waals surface area contributed by atoms with Crippen LogP contribution in [-0.4, -0.2) is 15.5 Å². The predicted molar refractivity (Wildman–Crippen MR) is 61.6 cm³/mol. The van der Waals surface area contributed by atoms with E-state index in [2.05, 4.69) is 4.98 Å². The molecule has 0 fully saturated rings. The zero-order valence-corrected chi connectivity index (χ0v) is 10.4. The quantitative estimate of drug-likeness (QED) is 0.758. The van der Waals surface area contributed by atoms with Crippen LogP contribution < -0.4 is 11.2 Å². The number of aromatic amines is 1. The molecule has 0 aliphatic carbocycles. The summed E-state index contributed by atoms with van der Waals surface area (Å²) in [4.78, 5) is 36.1. The van der Waals surface area contributed by atoms with Crippen LogP contribution in [0.15, 0.2) is 15.8 Å². The first-order chi connectivity index (χ1) is 7.71. The minimum atomic E-state index is -0.624. The van der Waals surface area contributed by atoms with Crippen LogP contribution in [-0.2, 0) is 16.3 Å². The van der Waals surface area contributed by atoms with Crippen LogP contribution in [0.5, 0.6) is 0 Å². The first kappa shape index (κ1) is 13.2. The van der Waals surface area contributed by atoms with Gasteiger partial charge in [-0.3, -0.25) is 19.1 Å². The van der Waals surface area contributed by atoms with E-state index in [4.69, 9.17) is 4.74 Å². The summed E-state index contributed by atoms with van der Waals surface area (Å²) in [6.45, 7) is 6.52. The highest BCUT2D eigenvalue weighted by Gasteiger charge is 2.23. The first-order valence-corrected chi connectivity index (χ1v) is 5.19. The summed E-state index contributed by atoms with van der Waals surface area (Å²) in [5.41, 5.74) is -1.27. The summed E-state index contributed by atoms with van der Waals surface area (Å²) in [5, 5.41) is 0. The van der Waals surface area contributed by atoms with Crippen LogP contribution in [0.2, 0.25) is 0 Å². The third-order valence-corrected chi connectivity index (χ3v) is 2.14. The van der Waals surface area contributed by atoms with Crippen LogP contribution in [0.4, 0.5) is 0 Å². The number of carbonyl (C=O) groups is 1. The molecule has 0 amide bonds. The van der Waals surface area contributed by atoms with E-state index in [1.54, 1.807) is 27.7 Å². The van der Waals surface area contributed by atoms with Crippen LogP contribution >= 0.6 is 0 Å². The third-order valence-electron chi connectivity index (χ3n) is 2.14. The van der Waals surface area contributed by atoms with Crippen molar-refractivity contribution >= 4 is 5.97 Å². The highest BCUT2D eigenvalue weighted by Crippen LogP contribution is 2.15. The van der Waals surface area contributed by atoms with E-state index in [1.165, 1.54) is 6.20 Å². The van der Waals surface area contributed by atoms with Crippen molar-refractivity contribution in [3.63, 3.8) is 0 Å². The number of nitrogens with zero attached hydrogens (tertiary/aromatic N) is 1. The minimum Gasteiger partial charge on any atom is -0.443 e. The fraction of sp³-hybridized carbons (Fsp3) is 0.545. The van der Waals surface area contributed by atoms with Gasteiger partial charge in [0.15, 0.2) is 6.73 Å². The van der Waals surface area contributed by atoms with Crippen LogP contribution in [0.1, 0.15) is 26.3 Å². The molecular formula is C11H16N2O4. The maximum absolute atomic E-state index is 11.5. The van der Waals surface area contributed by atoms with Crippen molar-refractivity contribution in [1.29, 1.82) is 0 Å². The number of H-pyrrole nitrogens is 1. The number of nitrogens with one attached hydrogen (secondary N) is 1. The first-order valence-electron chi connectivity index (χ1n) is 5.19. The Morgan fingerprint density at radius 2 is 2.00 bits per heavy atom. The maximum Gasteiger partial charge on any atom is 0.331 e. The Morgan fingerprint density at radius 1 is 1.41 bits per heavy atom. The zero-order valence-electron chi connectivity index (χ0n) is 10.4. The fourth-order valence-corrected chi connectivity index (χ4v) is 1.06. The van der Waals surface area contributed by atoms with Gasteiger partial charge >= 0.3 is 11.7 Å². The van der Waals surface area contributed by atoms with Crippen molar-refractivity contribution in [2.45, 2.75) is 34.4 Å². The number of esters is 1. The number of hydrogen-bond donors (Lipinski definition) is 1. The summed E-state index contributed by atoms with van der Waals surface area (Å²) in [6, 6.07) is 0. The molecule has 0 aliphatic heterocycles. The van der Waals surface area contributed by atoms with Crippen molar-refractivity contribution in [1.82, 2.24) is 9.55 Å². The molecule has 0 aliphatic rings. The van der Waals surface area contributed by atoms with E-state index < -0.39 is 22.6 Å². The normalized spacial score (nSPS) is 11.3. The highest BCUT2D eigenvalue weighted by molar-refractivity contribution is 5.75. The van der Waals surface area contributed by atoms with Crippen molar-refractivity contribution in [3.05, 3.63) is 32.6 Å². The van der Waals surface area contributed by atoms with Crippen molar-refractivity contribution in [2.24, 2.45) is 5.41 Å². The Hall–Kier alpha value is -1.85. The van der Waals surface area contributed by atoms with Gasteiger partial charge in [0.1, 0.15) is 0 Å².